The van der Waals surface area contributed by atoms with Gasteiger partial charge in [0, 0.05) is 0 Å². The summed E-state index contributed by atoms with van der Waals surface area (Å²) in [5.41, 5.74) is 0.853. The number of aryl methyl sites for hydroxylation is 1. The molecule has 0 spiro atoms. The highest BCUT2D eigenvalue weighted by molar-refractivity contribution is 7.90. The molecule has 0 radical (unpaired) electrons. The number of carbonyl (C=O) groups excluding carboxylic acids is 2. The van der Waals surface area contributed by atoms with E-state index in [1.165, 1.54) is 12.1 Å². The number of carboxylic acid groups (broad SMARTS) is 1. The van der Waals surface area contributed by atoms with Crippen LogP contribution in [0.3, 0.4) is 0 Å². The molecule has 0 aliphatic carbocycles. The summed E-state index contributed by atoms with van der Waals surface area (Å²) in [5, 5.41) is 10.4. The lowest BCUT2D eigenvalue weighted by Crippen LogP contribution is -2.67. The third-order valence-electron chi connectivity index (χ3n) is 3.03. The summed E-state index contributed by atoms with van der Waals surface area (Å²) in [7, 11) is -4.09. The third kappa shape index (κ3) is 3.17. The molecule has 10 heteroatoms. The van der Waals surface area contributed by atoms with Crippen molar-refractivity contribution < 1.29 is 27.9 Å². The molecule has 1 heterocycles. The number of hydrogen-bond acceptors (Lipinski definition) is 5. The number of carbonyl (C=O) groups is 3. The Balaban J connectivity index is 2.02. The molecule has 9 nitrogen and oxygen atoms in total. The predicted octanol–water partition coefficient (Wildman–Crippen LogP) is -0.128. The molecule has 3 N–H and O–H groups in total. The summed E-state index contributed by atoms with van der Waals surface area (Å²) >= 11 is 0. The molecule has 0 bridgehead atoms. The summed E-state index contributed by atoms with van der Waals surface area (Å²) < 4.78 is 25.7. The predicted molar refractivity (Wildman–Crippen MR) is 73.6 cm³/mol. The minimum atomic E-state index is -4.09. The Kier molecular flexibility index (Phi) is 4.04. The molecule has 1 atom stereocenters. The molecule has 1 saturated heterocycles. The minimum Gasteiger partial charge on any atom is -0.465 e. The largest absolute Gasteiger partial charge is 0.465 e. The van der Waals surface area contributed by atoms with Crippen LogP contribution in [-0.2, 0) is 14.8 Å². The molecule has 0 unspecified atom stereocenters. The lowest BCUT2D eigenvalue weighted by molar-refractivity contribution is -0.138. The fourth-order valence-electron chi connectivity index (χ4n) is 1.81. The van der Waals surface area contributed by atoms with Crippen molar-refractivity contribution in [3.05, 3.63) is 29.8 Å². The maximum Gasteiger partial charge on any atom is 0.405 e. The molecule has 4 amide bonds. The Bertz CT molecular complexity index is 728. The maximum atomic E-state index is 12.0. The molecule has 118 valence electrons. The zero-order valence-corrected chi connectivity index (χ0v) is 12.3. The quantitative estimate of drug-likeness (QED) is 0.662. The van der Waals surface area contributed by atoms with E-state index >= 15 is 0 Å². The second-order valence-electron chi connectivity index (χ2n) is 4.67. The molecule has 1 aromatic rings. The highest BCUT2D eigenvalue weighted by Crippen LogP contribution is 2.14. The van der Waals surface area contributed by atoms with Gasteiger partial charge in [-0.3, -0.25) is 9.69 Å². The average Bonchev–Trinajstić information content (AvgIpc) is 2.42. The lowest BCUT2D eigenvalue weighted by Gasteiger charge is -2.35. The summed E-state index contributed by atoms with van der Waals surface area (Å²) in [6.07, 6.45) is -1.40. The van der Waals surface area contributed by atoms with Gasteiger partial charge in [0.2, 0.25) is 0 Å². The van der Waals surface area contributed by atoms with Crippen molar-refractivity contribution in [2.45, 2.75) is 17.9 Å². The Labute approximate surface area is 126 Å². The number of β-lactam (4-membered cyclic amide) rings is 1. The maximum absolute atomic E-state index is 12.0. The van der Waals surface area contributed by atoms with Gasteiger partial charge in [0.1, 0.15) is 6.04 Å². The van der Waals surface area contributed by atoms with Crippen LogP contribution in [0, 0.1) is 6.92 Å². The molecular weight excluding hydrogens is 314 g/mol. The first-order valence-corrected chi connectivity index (χ1v) is 7.63. The van der Waals surface area contributed by atoms with E-state index in [0.29, 0.717) is 4.90 Å². The van der Waals surface area contributed by atoms with Crippen LogP contribution in [0.25, 0.3) is 0 Å². The van der Waals surface area contributed by atoms with Gasteiger partial charge in [0.05, 0.1) is 11.4 Å². The zero-order chi connectivity index (χ0) is 16.5. The van der Waals surface area contributed by atoms with Crippen molar-refractivity contribution in [2.75, 3.05) is 6.54 Å². The Morgan fingerprint density at radius 3 is 2.36 bits per heavy atom. The summed E-state index contributed by atoms with van der Waals surface area (Å²) in [5.74, 6) is -0.806. The van der Waals surface area contributed by atoms with E-state index < -0.39 is 34.1 Å². The van der Waals surface area contributed by atoms with Crippen LogP contribution in [0.4, 0.5) is 9.59 Å². The van der Waals surface area contributed by atoms with Crippen molar-refractivity contribution in [1.82, 2.24) is 14.9 Å². The lowest BCUT2D eigenvalue weighted by atomic mass is 10.1. The smallest absolute Gasteiger partial charge is 0.405 e. The van der Waals surface area contributed by atoms with Gasteiger partial charge in [0.25, 0.3) is 15.9 Å². The number of likely N-dealkylation sites (tertiary alicyclic amines) is 1. The average molecular weight is 327 g/mol. The van der Waals surface area contributed by atoms with Gasteiger partial charge < -0.3 is 10.4 Å². The van der Waals surface area contributed by atoms with Gasteiger partial charge in [-0.15, -0.1) is 0 Å². The third-order valence-corrected chi connectivity index (χ3v) is 4.36. The van der Waals surface area contributed by atoms with Crippen LogP contribution >= 0.6 is 0 Å². The monoisotopic (exact) mass is 327 g/mol. The number of nitrogens with one attached hydrogen (secondary N) is 2. The number of hydrogen-bond donors (Lipinski definition) is 3. The number of rotatable bonds is 3. The number of benzene rings is 1. The first-order valence-electron chi connectivity index (χ1n) is 6.15. The number of sulfonamides is 1. The zero-order valence-electron chi connectivity index (χ0n) is 11.4. The Morgan fingerprint density at radius 1 is 1.27 bits per heavy atom. The second kappa shape index (κ2) is 5.64. The van der Waals surface area contributed by atoms with Crippen molar-refractivity contribution in [3.8, 4) is 0 Å². The second-order valence-corrected chi connectivity index (χ2v) is 6.36. The minimum absolute atomic E-state index is 0.111. The molecule has 0 aromatic heterocycles. The number of imide groups is 1. The van der Waals surface area contributed by atoms with E-state index in [-0.39, 0.29) is 11.4 Å². The van der Waals surface area contributed by atoms with Crippen molar-refractivity contribution in [1.29, 1.82) is 0 Å². The van der Waals surface area contributed by atoms with E-state index in [9.17, 15) is 22.8 Å². The van der Waals surface area contributed by atoms with Crippen LogP contribution in [0.1, 0.15) is 5.56 Å². The van der Waals surface area contributed by atoms with Crippen LogP contribution in [0.5, 0.6) is 0 Å². The SMILES string of the molecule is Cc1ccc(S(=O)(=O)NC(=O)N2C[C@H](NC(=O)O)C2=O)cc1. The van der Waals surface area contributed by atoms with Gasteiger partial charge in [-0.05, 0) is 19.1 Å². The molecule has 1 fully saturated rings. The first kappa shape index (κ1) is 15.8. The van der Waals surface area contributed by atoms with Gasteiger partial charge >= 0.3 is 12.1 Å². The van der Waals surface area contributed by atoms with E-state index in [1.807, 2.05) is 5.32 Å². The van der Waals surface area contributed by atoms with Crippen molar-refractivity contribution >= 4 is 28.1 Å². The highest BCUT2D eigenvalue weighted by Gasteiger charge is 2.42. The number of amides is 4. The highest BCUT2D eigenvalue weighted by atomic mass is 32.2. The van der Waals surface area contributed by atoms with Gasteiger partial charge in [-0.1, -0.05) is 17.7 Å². The summed E-state index contributed by atoms with van der Waals surface area (Å²) in [4.78, 5) is 34.2. The van der Waals surface area contributed by atoms with Crippen LogP contribution in [-0.4, -0.2) is 49.0 Å². The molecule has 2 rings (SSSR count). The van der Waals surface area contributed by atoms with Crippen LogP contribution < -0.4 is 10.0 Å². The topological polar surface area (TPSA) is 133 Å². The number of urea groups is 1. The molecule has 22 heavy (non-hydrogen) atoms. The molecule has 1 aromatic carbocycles. The van der Waals surface area contributed by atoms with E-state index in [4.69, 9.17) is 5.11 Å². The molecule has 0 saturated carbocycles. The Hall–Kier alpha value is -2.62. The summed E-state index contributed by atoms with van der Waals surface area (Å²) in [6, 6.07) is 3.65. The fourth-order valence-corrected chi connectivity index (χ4v) is 2.76. The van der Waals surface area contributed by atoms with E-state index in [1.54, 1.807) is 23.8 Å². The van der Waals surface area contributed by atoms with E-state index in [2.05, 4.69) is 0 Å². The van der Waals surface area contributed by atoms with Gasteiger partial charge in [0.15, 0.2) is 0 Å². The van der Waals surface area contributed by atoms with E-state index in [0.717, 1.165) is 5.56 Å². The van der Waals surface area contributed by atoms with Crippen molar-refractivity contribution in [3.63, 3.8) is 0 Å². The Morgan fingerprint density at radius 2 is 1.86 bits per heavy atom. The molecular formula is C12H13N3O6S. The van der Waals surface area contributed by atoms with Crippen LogP contribution in [0.15, 0.2) is 29.2 Å². The normalized spacial score (nSPS) is 17.6. The molecule has 1 aliphatic heterocycles. The molecule has 1 aliphatic rings. The summed E-state index contributed by atoms with van der Waals surface area (Å²) in [6.45, 7) is 1.56. The fraction of sp³-hybridized carbons (Fsp3) is 0.250. The van der Waals surface area contributed by atoms with Crippen molar-refractivity contribution in [2.24, 2.45) is 0 Å². The standard InChI is InChI=1S/C12H13N3O6S/c1-7-2-4-8(5-3-7)22(20,21)14-11(17)15-6-9(10(15)16)13-12(18)19/h2-5,9,13H,6H2,1H3,(H,14,17)(H,18,19)/t9-/m0/s1. The first-order chi connectivity index (χ1) is 10.2. The van der Waals surface area contributed by atoms with Gasteiger partial charge in [-0.2, -0.15) is 0 Å². The van der Waals surface area contributed by atoms with Gasteiger partial charge in [-0.25, -0.2) is 22.7 Å². The van der Waals surface area contributed by atoms with Crippen LogP contribution in [0.2, 0.25) is 0 Å². The number of nitrogens with zero attached hydrogens (tertiary/aromatic N) is 1.